The molecule has 1 heterocycles. The highest BCUT2D eigenvalue weighted by Crippen LogP contribution is 2.29. The molecule has 0 amide bonds. The van der Waals surface area contributed by atoms with Crippen molar-refractivity contribution < 1.29 is 4.74 Å². The van der Waals surface area contributed by atoms with Crippen molar-refractivity contribution >= 4 is 35.6 Å². The minimum absolute atomic E-state index is 0. The SMILES string of the molecule is CCCCCCN1CCCCC1Oc1ccc(Cl)c(Cl)c1.Cl. The molecule has 0 spiro atoms. The Bertz CT molecular complexity index is 442. The predicted octanol–water partition coefficient (Wildman–Crippen LogP) is 6.19. The molecule has 0 aliphatic carbocycles. The fourth-order valence-corrected chi connectivity index (χ4v) is 3.09. The largest absolute Gasteiger partial charge is 0.475 e. The maximum atomic E-state index is 6.14. The van der Waals surface area contributed by atoms with Gasteiger partial charge in [0.25, 0.3) is 0 Å². The highest BCUT2D eigenvalue weighted by atomic mass is 35.5. The average molecular weight is 367 g/mol. The summed E-state index contributed by atoms with van der Waals surface area (Å²) in [6, 6.07) is 5.51. The Kier molecular flexibility index (Phi) is 9.58. The van der Waals surface area contributed by atoms with Crippen molar-refractivity contribution in [2.75, 3.05) is 13.1 Å². The summed E-state index contributed by atoms with van der Waals surface area (Å²) in [6.45, 7) is 4.52. The molecular weight excluding hydrogens is 341 g/mol. The number of hydrogen-bond donors (Lipinski definition) is 0. The molecule has 1 unspecified atom stereocenters. The van der Waals surface area contributed by atoms with Gasteiger partial charge in [0.15, 0.2) is 6.23 Å². The molecule has 1 aromatic rings. The van der Waals surface area contributed by atoms with Gasteiger partial charge >= 0.3 is 0 Å². The van der Waals surface area contributed by atoms with Crippen LogP contribution >= 0.6 is 35.6 Å². The Balaban J connectivity index is 0.00000242. The van der Waals surface area contributed by atoms with E-state index in [-0.39, 0.29) is 18.6 Å². The lowest BCUT2D eigenvalue weighted by molar-refractivity contribution is -0.00471. The van der Waals surface area contributed by atoms with Crippen molar-refractivity contribution in [2.24, 2.45) is 0 Å². The Morgan fingerprint density at radius 2 is 1.95 bits per heavy atom. The van der Waals surface area contributed by atoms with Gasteiger partial charge in [-0.15, -0.1) is 12.4 Å². The fourth-order valence-electron chi connectivity index (χ4n) is 2.80. The van der Waals surface area contributed by atoms with Gasteiger partial charge in [-0.1, -0.05) is 49.4 Å². The molecule has 2 rings (SSSR count). The van der Waals surface area contributed by atoms with Gasteiger partial charge in [-0.25, -0.2) is 0 Å². The molecule has 1 aliphatic rings. The normalized spacial score (nSPS) is 18.8. The molecule has 22 heavy (non-hydrogen) atoms. The van der Waals surface area contributed by atoms with E-state index in [0.29, 0.717) is 10.0 Å². The fraction of sp³-hybridized carbons (Fsp3) is 0.647. The average Bonchev–Trinajstić information content (AvgIpc) is 2.49. The van der Waals surface area contributed by atoms with Gasteiger partial charge in [0.05, 0.1) is 10.0 Å². The smallest absolute Gasteiger partial charge is 0.152 e. The number of piperidine rings is 1. The van der Waals surface area contributed by atoms with Crippen molar-refractivity contribution in [3.05, 3.63) is 28.2 Å². The van der Waals surface area contributed by atoms with E-state index in [1.807, 2.05) is 12.1 Å². The zero-order chi connectivity index (χ0) is 15.1. The highest BCUT2D eigenvalue weighted by molar-refractivity contribution is 6.42. The predicted molar refractivity (Wildman–Crippen MR) is 97.7 cm³/mol. The second kappa shape index (κ2) is 10.6. The summed E-state index contributed by atoms with van der Waals surface area (Å²) >= 11 is 12.0. The van der Waals surface area contributed by atoms with Crippen LogP contribution in [-0.2, 0) is 0 Å². The van der Waals surface area contributed by atoms with Crippen LogP contribution in [0.25, 0.3) is 0 Å². The van der Waals surface area contributed by atoms with E-state index in [1.54, 1.807) is 6.07 Å². The third-order valence-corrected chi connectivity index (χ3v) is 4.75. The first-order chi connectivity index (χ1) is 10.2. The van der Waals surface area contributed by atoms with Gasteiger partial charge in [-0.3, -0.25) is 4.90 Å². The number of rotatable bonds is 7. The van der Waals surface area contributed by atoms with Crippen LogP contribution in [-0.4, -0.2) is 24.2 Å². The Labute approximate surface area is 150 Å². The zero-order valence-electron chi connectivity index (χ0n) is 13.2. The molecule has 0 saturated carbocycles. The lowest BCUT2D eigenvalue weighted by Gasteiger charge is -2.35. The number of unbranched alkanes of at least 4 members (excludes halogenated alkanes) is 3. The minimum atomic E-state index is 0. The van der Waals surface area contributed by atoms with Gasteiger partial charge in [0.2, 0.25) is 0 Å². The molecule has 2 nitrogen and oxygen atoms in total. The van der Waals surface area contributed by atoms with E-state index < -0.39 is 0 Å². The summed E-state index contributed by atoms with van der Waals surface area (Å²) in [5.74, 6) is 0.815. The van der Waals surface area contributed by atoms with Crippen molar-refractivity contribution in [1.29, 1.82) is 0 Å². The zero-order valence-corrected chi connectivity index (χ0v) is 15.5. The quantitative estimate of drug-likeness (QED) is 0.534. The van der Waals surface area contributed by atoms with Gasteiger partial charge < -0.3 is 4.74 Å². The molecular formula is C17H26Cl3NO. The van der Waals surface area contributed by atoms with Crippen LogP contribution in [0.5, 0.6) is 5.75 Å². The second-order valence-electron chi connectivity index (χ2n) is 5.74. The molecule has 1 fully saturated rings. The molecule has 5 heteroatoms. The third kappa shape index (κ3) is 6.16. The Morgan fingerprint density at radius 3 is 2.68 bits per heavy atom. The van der Waals surface area contributed by atoms with Crippen LogP contribution in [0.4, 0.5) is 0 Å². The van der Waals surface area contributed by atoms with E-state index >= 15 is 0 Å². The van der Waals surface area contributed by atoms with Crippen LogP contribution in [0.15, 0.2) is 18.2 Å². The van der Waals surface area contributed by atoms with E-state index in [2.05, 4.69) is 11.8 Å². The maximum Gasteiger partial charge on any atom is 0.152 e. The van der Waals surface area contributed by atoms with Gasteiger partial charge in [0, 0.05) is 19.2 Å². The third-order valence-electron chi connectivity index (χ3n) is 4.02. The Morgan fingerprint density at radius 1 is 1.14 bits per heavy atom. The molecule has 1 aromatic carbocycles. The molecule has 1 aliphatic heterocycles. The molecule has 0 N–H and O–H groups in total. The number of hydrogen-bond acceptors (Lipinski definition) is 2. The van der Waals surface area contributed by atoms with E-state index in [0.717, 1.165) is 25.3 Å². The van der Waals surface area contributed by atoms with Crippen molar-refractivity contribution in [1.82, 2.24) is 4.90 Å². The first kappa shape index (κ1) is 19.9. The summed E-state index contributed by atoms with van der Waals surface area (Å²) in [4.78, 5) is 2.47. The van der Waals surface area contributed by atoms with E-state index in [1.165, 1.54) is 38.5 Å². The van der Waals surface area contributed by atoms with E-state index in [4.69, 9.17) is 27.9 Å². The first-order valence-corrected chi connectivity index (χ1v) is 8.82. The van der Waals surface area contributed by atoms with Crippen molar-refractivity contribution in [2.45, 2.75) is 58.1 Å². The van der Waals surface area contributed by atoms with Crippen LogP contribution in [0, 0.1) is 0 Å². The second-order valence-corrected chi connectivity index (χ2v) is 6.56. The number of benzene rings is 1. The number of nitrogens with zero attached hydrogens (tertiary/aromatic N) is 1. The van der Waals surface area contributed by atoms with Gasteiger partial charge in [-0.05, 0) is 37.8 Å². The summed E-state index contributed by atoms with van der Waals surface area (Å²) in [7, 11) is 0. The van der Waals surface area contributed by atoms with Gasteiger partial charge in [-0.2, -0.15) is 0 Å². The van der Waals surface area contributed by atoms with Crippen molar-refractivity contribution in [3.63, 3.8) is 0 Å². The standard InChI is InChI=1S/C17H25Cl2NO.ClH/c1-2-3-4-6-11-20-12-7-5-8-17(20)21-14-9-10-15(18)16(19)13-14;/h9-10,13,17H,2-8,11-12H2,1H3;1H. The monoisotopic (exact) mass is 365 g/mol. The molecule has 1 saturated heterocycles. The van der Waals surface area contributed by atoms with Crippen LogP contribution < -0.4 is 4.74 Å². The highest BCUT2D eigenvalue weighted by Gasteiger charge is 2.23. The molecule has 126 valence electrons. The topological polar surface area (TPSA) is 12.5 Å². The maximum absolute atomic E-state index is 6.14. The Hall–Kier alpha value is -0.150. The summed E-state index contributed by atoms with van der Waals surface area (Å²) < 4.78 is 6.14. The lowest BCUT2D eigenvalue weighted by atomic mass is 10.1. The summed E-state index contributed by atoms with van der Waals surface area (Å²) in [5, 5.41) is 1.13. The van der Waals surface area contributed by atoms with Gasteiger partial charge in [0.1, 0.15) is 5.75 Å². The van der Waals surface area contributed by atoms with Crippen LogP contribution in [0.1, 0.15) is 51.9 Å². The summed E-state index contributed by atoms with van der Waals surface area (Å²) in [6.07, 6.45) is 8.95. The number of ether oxygens (including phenoxy) is 1. The number of likely N-dealkylation sites (tertiary alicyclic amines) is 1. The van der Waals surface area contributed by atoms with Crippen LogP contribution in [0.3, 0.4) is 0 Å². The van der Waals surface area contributed by atoms with Crippen molar-refractivity contribution in [3.8, 4) is 5.75 Å². The first-order valence-electron chi connectivity index (χ1n) is 8.06. The molecule has 1 atom stereocenters. The summed E-state index contributed by atoms with van der Waals surface area (Å²) in [5.41, 5.74) is 0. The molecule has 0 bridgehead atoms. The van der Waals surface area contributed by atoms with E-state index in [9.17, 15) is 0 Å². The lowest BCUT2D eigenvalue weighted by Crippen LogP contribution is -2.43. The minimum Gasteiger partial charge on any atom is -0.475 e. The van der Waals surface area contributed by atoms with Crippen LogP contribution in [0.2, 0.25) is 10.0 Å². The molecule has 0 aromatic heterocycles. The number of halogens is 3. The molecule has 0 radical (unpaired) electrons.